The minimum atomic E-state index is -3.83. The highest BCUT2D eigenvalue weighted by Crippen LogP contribution is 2.36. The van der Waals surface area contributed by atoms with Crippen LogP contribution in [0.25, 0.3) is 0 Å². The number of sulfonamides is 1. The van der Waals surface area contributed by atoms with Crippen LogP contribution in [-0.4, -0.2) is 33.5 Å². The van der Waals surface area contributed by atoms with Crippen molar-refractivity contribution in [2.75, 3.05) is 17.4 Å². The number of amides is 1. The van der Waals surface area contributed by atoms with Crippen molar-refractivity contribution in [3.05, 3.63) is 90.0 Å². The normalized spacial score (nSPS) is 15.5. The topological polar surface area (TPSA) is 75.7 Å². The first kappa shape index (κ1) is 21.9. The van der Waals surface area contributed by atoms with E-state index >= 15 is 0 Å². The Labute approximate surface area is 188 Å². The van der Waals surface area contributed by atoms with Gasteiger partial charge in [-0.2, -0.15) is 0 Å². The molecule has 0 unspecified atom stereocenters. The van der Waals surface area contributed by atoms with E-state index in [1.54, 1.807) is 54.6 Å². The van der Waals surface area contributed by atoms with E-state index in [1.807, 2.05) is 6.07 Å². The zero-order valence-electron chi connectivity index (χ0n) is 17.9. The number of ether oxygens (including phenoxy) is 1. The Morgan fingerprint density at radius 2 is 1.78 bits per heavy atom. The summed E-state index contributed by atoms with van der Waals surface area (Å²) in [5.41, 5.74) is 2.86. The lowest BCUT2D eigenvalue weighted by Gasteiger charge is -2.34. The van der Waals surface area contributed by atoms with E-state index in [4.69, 9.17) is 4.74 Å². The number of carbonyl (C=O) groups is 1. The third-order valence-electron chi connectivity index (χ3n) is 5.38. The second-order valence-corrected chi connectivity index (χ2v) is 9.67. The number of nitrogens with zero attached hydrogens (tertiary/aromatic N) is 1. The Hall–Kier alpha value is -3.32. The molecule has 6 nitrogen and oxygen atoms in total. The molecule has 0 fully saturated rings. The predicted molar refractivity (Wildman–Crippen MR) is 124 cm³/mol. The van der Waals surface area contributed by atoms with Gasteiger partial charge in [-0.15, -0.1) is 0 Å². The third-order valence-corrected chi connectivity index (χ3v) is 7.18. The van der Waals surface area contributed by atoms with E-state index in [9.17, 15) is 13.2 Å². The van der Waals surface area contributed by atoms with Crippen molar-refractivity contribution in [1.29, 1.82) is 0 Å². The number of aryl methyl sites for hydroxylation is 2. The van der Waals surface area contributed by atoms with E-state index in [2.05, 4.69) is 30.4 Å². The minimum absolute atomic E-state index is 0.0854. The van der Waals surface area contributed by atoms with Gasteiger partial charge in [0.15, 0.2) is 6.10 Å². The number of rotatable bonds is 7. The molecule has 0 radical (unpaired) electrons. The first-order valence-corrected chi connectivity index (χ1v) is 12.1. The molecule has 1 aliphatic rings. The summed E-state index contributed by atoms with van der Waals surface area (Å²) in [4.78, 5) is 13.0. The highest BCUT2D eigenvalue weighted by Gasteiger charge is 2.37. The van der Waals surface area contributed by atoms with E-state index in [0.717, 1.165) is 12.8 Å². The van der Waals surface area contributed by atoms with Crippen LogP contribution in [0.15, 0.2) is 83.8 Å². The average molecular weight is 451 g/mol. The summed E-state index contributed by atoms with van der Waals surface area (Å²) in [6.45, 7) is 2.45. The number of para-hydroxylation sites is 2. The molecule has 3 aromatic rings. The van der Waals surface area contributed by atoms with Crippen LogP contribution in [0.2, 0.25) is 0 Å². The van der Waals surface area contributed by atoms with Crippen LogP contribution in [0.3, 0.4) is 0 Å². The Kier molecular flexibility index (Phi) is 6.46. The fourth-order valence-electron chi connectivity index (χ4n) is 3.77. The van der Waals surface area contributed by atoms with Crippen molar-refractivity contribution in [2.24, 2.45) is 0 Å². The van der Waals surface area contributed by atoms with Gasteiger partial charge in [0.25, 0.3) is 15.9 Å². The molecule has 1 atom stereocenters. The Balaban J connectivity index is 1.45. The Bertz CT molecular complexity index is 1200. The van der Waals surface area contributed by atoms with Crippen LogP contribution in [-0.2, 0) is 21.2 Å². The summed E-state index contributed by atoms with van der Waals surface area (Å²) in [7, 11) is -3.83. The lowest BCUT2D eigenvalue weighted by atomic mass is 10.1. The van der Waals surface area contributed by atoms with Crippen molar-refractivity contribution >= 4 is 21.6 Å². The van der Waals surface area contributed by atoms with Gasteiger partial charge in [0, 0.05) is 6.54 Å². The van der Waals surface area contributed by atoms with Gasteiger partial charge in [0.2, 0.25) is 0 Å². The third kappa shape index (κ3) is 4.78. The van der Waals surface area contributed by atoms with Crippen molar-refractivity contribution in [2.45, 2.75) is 30.8 Å². The fourth-order valence-corrected chi connectivity index (χ4v) is 5.27. The Morgan fingerprint density at radius 1 is 1.03 bits per heavy atom. The number of hydrogen-bond donors (Lipinski definition) is 1. The van der Waals surface area contributed by atoms with Gasteiger partial charge in [0.1, 0.15) is 5.75 Å². The number of carbonyl (C=O) groups excluding carboxylic acids is 1. The number of anilines is 1. The minimum Gasteiger partial charge on any atom is -0.476 e. The molecule has 0 aliphatic carbocycles. The summed E-state index contributed by atoms with van der Waals surface area (Å²) in [6.07, 6.45) is 0.706. The predicted octanol–water partition coefficient (Wildman–Crippen LogP) is 3.70. The van der Waals surface area contributed by atoms with E-state index in [0.29, 0.717) is 18.0 Å². The van der Waals surface area contributed by atoms with Crippen molar-refractivity contribution in [1.82, 2.24) is 5.32 Å². The largest absolute Gasteiger partial charge is 0.476 e. The molecule has 4 rings (SSSR count). The molecule has 0 aromatic heterocycles. The van der Waals surface area contributed by atoms with Crippen molar-refractivity contribution in [3.8, 4) is 5.75 Å². The van der Waals surface area contributed by atoms with Gasteiger partial charge in [-0.3, -0.25) is 9.10 Å². The van der Waals surface area contributed by atoms with Crippen LogP contribution < -0.4 is 14.4 Å². The summed E-state index contributed by atoms with van der Waals surface area (Å²) < 4.78 is 33.7. The number of hydrogen-bond acceptors (Lipinski definition) is 4. The highest BCUT2D eigenvalue weighted by atomic mass is 32.2. The standard InChI is InChI=1S/C25H26N2O4S/c1-19-9-7-10-20(17-19)11-8-16-26-25(28)24-18-27(22-14-5-6-15-23(22)31-24)32(29,30)21-12-3-2-4-13-21/h2-7,9-10,12-15,17,24H,8,11,16,18H2,1H3,(H,26,28)/t24-/m1/s1. The smallest absolute Gasteiger partial charge is 0.264 e. The van der Waals surface area contributed by atoms with Gasteiger partial charge in [-0.05, 0) is 49.6 Å². The second-order valence-electron chi connectivity index (χ2n) is 7.81. The lowest BCUT2D eigenvalue weighted by molar-refractivity contribution is -0.127. The molecule has 0 saturated heterocycles. The zero-order chi connectivity index (χ0) is 22.6. The van der Waals surface area contributed by atoms with E-state index in [1.165, 1.54) is 15.4 Å². The molecule has 166 valence electrons. The molecule has 0 spiro atoms. The van der Waals surface area contributed by atoms with Crippen LogP contribution in [0.5, 0.6) is 5.75 Å². The molecule has 0 saturated carbocycles. The maximum absolute atomic E-state index is 13.3. The van der Waals surface area contributed by atoms with Crippen molar-refractivity contribution < 1.29 is 17.9 Å². The van der Waals surface area contributed by atoms with Gasteiger partial charge < -0.3 is 10.1 Å². The molecule has 3 aromatic carbocycles. The van der Waals surface area contributed by atoms with Gasteiger partial charge >= 0.3 is 0 Å². The monoisotopic (exact) mass is 450 g/mol. The van der Waals surface area contributed by atoms with Crippen LogP contribution in [0.4, 0.5) is 5.69 Å². The van der Waals surface area contributed by atoms with Gasteiger partial charge in [-0.25, -0.2) is 8.42 Å². The summed E-state index contributed by atoms with van der Waals surface area (Å²) in [5.74, 6) is 0.0511. The van der Waals surface area contributed by atoms with E-state index < -0.39 is 16.1 Å². The molecule has 0 bridgehead atoms. The SMILES string of the molecule is Cc1cccc(CCCNC(=O)[C@H]2CN(S(=O)(=O)c3ccccc3)c3ccccc3O2)c1. The van der Waals surface area contributed by atoms with Crippen molar-refractivity contribution in [3.63, 3.8) is 0 Å². The molecule has 1 heterocycles. The molecule has 32 heavy (non-hydrogen) atoms. The first-order valence-electron chi connectivity index (χ1n) is 10.6. The molecule has 7 heteroatoms. The summed E-state index contributed by atoms with van der Waals surface area (Å²) in [6, 6.07) is 23.4. The fraction of sp³-hybridized carbons (Fsp3) is 0.240. The summed E-state index contributed by atoms with van der Waals surface area (Å²) in [5, 5.41) is 2.89. The second kappa shape index (κ2) is 9.44. The Morgan fingerprint density at radius 3 is 2.56 bits per heavy atom. The van der Waals surface area contributed by atoms with Crippen LogP contribution >= 0.6 is 0 Å². The van der Waals surface area contributed by atoms with Gasteiger partial charge in [0.05, 0.1) is 17.1 Å². The van der Waals surface area contributed by atoms with E-state index in [-0.39, 0.29) is 17.3 Å². The number of fused-ring (bicyclic) bond motifs is 1. The molecular formula is C25H26N2O4S. The molecular weight excluding hydrogens is 424 g/mol. The van der Waals surface area contributed by atoms with Gasteiger partial charge in [-0.1, -0.05) is 60.2 Å². The number of nitrogens with one attached hydrogen (secondary N) is 1. The maximum Gasteiger partial charge on any atom is 0.264 e. The molecule has 1 amide bonds. The number of benzene rings is 3. The first-order chi connectivity index (χ1) is 15.4. The zero-order valence-corrected chi connectivity index (χ0v) is 18.7. The quantitative estimate of drug-likeness (QED) is 0.557. The average Bonchev–Trinajstić information content (AvgIpc) is 2.81. The molecule has 1 aliphatic heterocycles. The highest BCUT2D eigenvalue weighted by molar-refractivity contribution is 7.92. The lowest BCUT2D eigenvalue weighted by Crippen LogP contribution is -2.50. The van der Waals surface area contributed by atoms with Crippen LogP contribution in [0.1, 0.15) is 17.5 Å². The maximum atomic E-state index is 13.3. The van der Waals surface area contributed by atoms with Crippen LogP contribution in [0, 0.1) is 6.92 Å². The molecule has 1 N–H and O–H groups in total. The summed E-state index contributed by atoms with van der Waals surface area (Å²) >= 11 is 0.